The van der Waals surface area contributed by atoms with Gasteiger partial charge in [0.2, 0.25) is 17.7 Å². The molecule has 1 aliphatic carbocycles. The van der Waals surface area contributed by atoms with Crippen LogP contribution in [0.5, 0.6) is 5.75 Å². The van der Waals surface area contributed by atoms with Crippen LogP contribution in [0.25, 0.3) is 26.4 Å². The van der Waals surface area contributed by atoms with Crippen LogP contribution >= 0.6 is 34.3 Å². The number of fused-ring (bicyclic) bond motifs is 4. The highest BCUT2D eigenvalue weighted by Gasteiger charge is 2.47. The van der Waals surface area contributed by atoms with Gasteiger partial charge in [0.05, 0.1) is 47.2 Å². The standard InChI is InChI=1S/C61H68ClN9O8S2/c1-31-34(4)81-59-51(31)52(37-16-18-40(62)19-17-37)66-45(55-69-68-35(5)71(55)59)27-49(72)65-41-24-43(25-41)77-42-20-21-47-39(22-42)23-48(79-47)57(75)67-54(61(9,10)11)58(76)70-29-44(78-50(73)28-60(6,7)8)26-46(70)56(74)64-32(2)36-12-14-38(15-13-36)53-33(3)63-30-80-53/h12-23,30,32,41,43-46,54H,24-29H2,1-11H3,(H,64,74)(H,65,72)(H,67,75)/t32-,41?,43?,44+,45-,46-,54+/m0/s1. The molecule has 17 nitrogen and oxygen atoms in total. The second kappa shape index (κ2) is 22.6. The van der Waals surface area contributed by atoms with E-state index in [0.29, 0.717) is 46.2 Å². The van der Waals surface area contributed by atoms with Gasteiger partial charge in [-0.1, -0.05) is 89.5 Å². The summed E-state index contributed by atoms with van der Waals surface area (Å²) in [4.78, 5) is 83.5. The summed E-state index contributed by atoms with van der Waals surface area (Å²) in [6.45, 7) is 21.2. The van der Waals surface area contributed by atoms with E-state index >= 15 is 0 Å². The predicted molar refractivity (Wildman–Crippen MR) is 313 cm³/mol. The van der Waals surface area contributed by atoms with Crippen molar-refractivity contribution in [3.05, 3.63) is 134 Å². The van der Waals surface area contributed by atoms with Gasteiger partial charge in [0.15, 0.2) is 11.6 Å². The minimum atomic E-state index is -1.11. The van der Waals surface area contributed by atoms with E-state index in [4.69, 9.17) is 30.5 Å². The lowest BCUT2D eigenvalue weighted by Crippen LogP contribution is -2.57. The molecule has 5 atom stereocenters. The Hall–Kier alpha value is -7.22. The van der Waals surface area contributed by atoms with Crippen molar-refractivity contribution >= 4 is 80.6 Å². The monoisotopic (exact) mass is 1150 g/mol. The normalized spacial score (nSPS) is 19.6. The van der Waals surface area contributed by atoms with E-state index in [1.165, 1.54) is 4.90 Å². The predicted octanol–water partition coefficient (Wildman–Crippen LogP) is 11.1. The number of aromatic nitrogens is 4. The number of thiazole rings is 1. The van der Waals surface area contributed by atoms with E-state index in [2.05, 4.69) is 45.0 Å². The van der Waals surface area contributed by atoms with Crippen molar-refractivity contribution in [2.75, 3.05) is 6.54 Å². The molecule has 3 aromatic carbocycles. The van der Waals surface area contributed by atoms with Crippen molar-refractivity contribution in [3.63, 3.8) is 0 Å². The first-order valence-corrected chi connectivity index (χ1v) is 29.4. The Bertz CT molecular complexity index is 3580. The molecule has 2 fully saturated rings. The largest absolute Gasteiger partial charge is 0.490 e. The summed E-state index contributed by atoms with van der Waals surface area (Å²) < 4.78 is 20.4. The molecule has 7 aromatic rings. The Labute approximate surface area is 484 Å². The zero-order chi connectivity index (χ0) is 57.8. The van der Waals surface area contributed by atoms with Crippen molar-refractivity contribution < 1.29 is 37.9 Å². The average Bonchev–Trinajstić information content (AvgIpc) is 3.99. The summed E-state index contributed by atoms with van der Waals surface area (Å²) in [5.74, 6) is -0.220. The number of nitrogens with one attached hydrogen (secondary N) is 3. The number of thiophene rings is 1. The van der Waals surface area contributed by atoms with E-state index < -0.39 is 59.4 Å². The van der Waals surface area contributed by atoms with Crippen LogP contribution in [0.3, 0.4) is 0 Å². The fourth-order valence-corrected chi connectivity index (χ4v) is 12.9. The van der Waals surface area contributed by atoms with E-state index in [0.717, 1.165) is 54.0 Å². The number of esters is 1. The zero-order valence-corrected chi connectivity index (χ0v) is 49.8. The Morgan fingerprint density at radius 2 is 1.58 bits per heavy atom. The van der Waals surface area contributed by atoms with Crippen LogP contribution in [0.2, 0.25) is 5.02 Å². The third-order valence-corrected chi connectivity index (χ3v) is 17.6. The summed E-state index contributed by atoms with van der Waals surface area (Å²) in [7, 11) is 0. The fourth-order valence-electron chi connectivity index (χ4n) is 10.7. The third-order valence-electron chi connectivity index (χ3n) is 15.2. The summed E-state index contributed by atoms with van der Waals surface area (Å²) in [5, 5.41) is 20.4. The fraction of sp³-hybridized carbons (Fsp3) is 0.426. The number of carbonyl (C=O) groups is 5. The second-order valence-electron chi connectivity index (χ2n) is 23.9. The summed E-state index contributed by atoms with van der Waals surface area (Å²) in [6, 6.07) is 19.2. The van der Waals surface area contributed by atoms with Gasteiger partial charge in [0.25, 0.3) is 5.91 Å². The first-order chi connectivity index (χ1) is 38.4. The number of rotatable bonds is 15. The maximum atomic E-state index is 14.9. The minimum Gasteiger partial charge on any atom is -0.490 e. The van der Waals surface area contributed by atoms with E-state index in [1.54, 1.807) is 46.9 Å². The Morgan fingerprint density at radius 1 is 0.864 bits per heavy atom. The van der Waals surface area contributed by atoms with Crippen LogP contribution in [-0.4, -0.2) is 96.8 Å². The molecule has 6 heterocycles. The van der Waals surface area contributed by atoms with Crippen LogP contribution in [-0.2, 0) is 23.9 Å². The number of carbonyl (C=O) groups excluding carboxylic acids is 5. The lowest BCUT2D eigenvalue weighted by atomic mass is 9.85. The van der Waals surface area contributed by atoms with Gasteiger partial charge in [0.1, 0.15) is 52.5 Å². The molecule has 10 rings (SSSR count). The number of aliphatic imine (C=N–C) groups is 1. The average molecular weight is 1150 g/mol. The lowest BCUT2D eigenvalue weighted by molar-refractivity contribution is -0.151. The van der Waals surface area contributed by atoms with Crippen LogP contribution in [0, 0.1) is 38.5 Å². The van der Waals surface area contributed by atoms with Gasteiger partial charge in [-0.3, -0.25) is 33.5 Å². The number of benzene rings is 3. The number of likely N-dealkylation sites (tertiary alicyclic amines) is 1. The van der Waals surface area contributed by atoms with Crippen LogP contribution in [0.15, 0.2) is 87.7 Å². The number of hydrogen-bond acceptors (Lipinski definition) is 14. The molecule has 1 saturated carbocycles. The van der Waals surface area contributed by atoms with Crippen molar-refractivity contribution in [2.24, 2.45) is 15.8 Å². The van der Waals surface area contributed by atoms with Gasteiger partial charge >= 0.3 is 5.97 Å². The summed E-state index contributed by atoms with van der Waals surface area (Å²) in [6.07, 6.45) is 0.563. The summed E-state index contributed by atoms with van der Waals surface area (Å²) in [5.41, 5.74) is 7.71. The smallest absolute Gasteiger partial charge is 0.306 e. The van der Waals surface area contributed by atoms with E-state index in [1.807, 2.05) is 121 Å². The molecule has 4 amide bonds. The van der Waals surface area contributed by atoms with Crippen molar-refractivity contribution in [1.82, 2.24) is 40.6 Å². The molecule has 0 unspecified atom stereocenters. The zero-order valence-electron chi connectivity index (χ0n) is 47.4. The molecule has 81 heavy (non-hydrogen) atoms. The molecule has 0 radical (unpaired) electrons. The molecular formula is C61H68ClN9O8S2. The molecule has 424 valence electrons. The number of nitrogens with zero attached hydrogens (tertiary/aromatic N) is 6. The number of hydrogen-bond donors (Lipinski definition) is 3. The number of ether oxygens (including phenoxy) is 2. The molecule has 3 N–H and O–H groups in total. The van der Waals surface area contributed by atoms with Gasteiger partial charge in [-0.2, -0.15) is 0 Å². The number of aryl methyl sites for hydroxylation is 3. The van der Waals surface area contributed by atoms with Gasteiger partial charge in [-0.15, -0.1) is 32.9 Å². The van der Waals surface area contributed by atoms with Crippen LogP contribution < -0.4 is 20.7 Å². The molecule has 3 aliphatic rings. The number of furan rings is 1. The Kier molecular flexibility index (Phi) is 15.9. The molecule has 0 bridgehead atoms. The van der Waals surface area contributed by atoms with Crippen LogP contribution in [0.4, 0.5) is 0 Å². The third kappa shape index (κ3) is 12.4. The number of amides is 4. The van der Waals surface area contributed by atoms with E-state index in [-0.39, 0.29) is 55.0 Å². The molecule has 1 saturated heterocycles. The van der Waals surface area contributed by atoms with Crippen molar-refractivity contribution in [2.45, 2.75) is 151 Å². The summed E-state index contributed by atoms with van der Waals surface area (Å²) >= 11 is 9.51. The maximum absolute atomic E-state index is 14.9. The van der Waals surface area contributed by atoms with Gasteiger partial charge < -0.3 is 34.7 Å². The maximum Gasteiger partial charge on any atom is 0.306 e. The van der Waals surface area contributed by atoms with Crippen molar-refractivity contribution in [3.8, 4) is 21.2 Å². The first-order valence-electron chi connectivity index (χ1n) is 27.3. The first kappa shape index (κ1) is 57.0. The highest BCUT2D eigenvalue weighted by molar-refractivity contribution is 7.15. The quantitative estimate of drug-likeness (QED) is 0.0822. The minimum absolute atomic E-state index is 0.0155. The van der Waals surface area contributed by atoms with E-state index in [9.17, 15) is 24.0 Å². The molecular weight excluding hydrogens is 1090 g/mol. The molecule has 0 spiro atoms. The second-order valence-corrected chi connectivity index (χ2v) is 26.4. The lowest BCUT2D eigenvalue weighted by Gasteiger charge is -2.36. The van der Waals surface area contributed by atoms with Gasteiger partial charge in [-0.25, -0.2) is 4.98 Å². The SMILES string of the molecule is Cc1ncsc1-c1ccc([C@H](C)NC(=O)[C@@H]2C[C@@H](OC(=O)CC(C)(C)C)CN2C(=O)[C@@H](NC(=O)c2cc3cc(OC4CC(NC(=O)C[C@@H]5N=C(c6ccc(Cl)cc6)c6c(sc(C)c6C)-n6c(C)nnc65)C4)ccc3o2)C(C)(C)C)cc1. The highest BCUT2D eigenvalue weighted by atomic mass is 35.5. The molecule has 20 heteroatoms. The molecule has 4 aromatic heterocycles. The van der Waals surface area contributed by atoms with Crippen LogP contribution in [0.1, 0.15) is 148 Å². The molecule has 2 aliphatic heterocycles. The Morgan fingerprint density at radius 3 is 2.26 bits per heavy atom. The number of halogens is 1. The Balaban J connectivity index is 0.780. The van der Waals surface area contributed by atoms with Gasteiger partial charge in [0, 0.05) is 51.7 Å². The highest BCUT2D eigenvalue weighted by Crippen LogP contribution is 2.41. The topological polar surface area (TPSA) is 212 Å². The van der Waals surface area contributed by atoms with Gasteiger partial charge in [-0.05, 0) is 98.5 Å². The van der Waals surface area contributed by atoms with Crippen molar-refractivity contribution in [1.29, 1.82) is 0 Å².